The Morgan fingerprint density at radius 3 is 1.69 bits per heavy atom. The van der Waals surface area contributed by atoms with Crippen LogP contribution in [0.25, 0.3) is 0 Å². The van der Waals surface area contributed by atoms with Crippen LogP contribution in [0.4, 0.5) is 0 Å². The van der Waals surface area contributed by atoms with Crippen molar-refractivity contribution in [3.8, 4) is 0 Å². The molecule has 1 unspecified atom stereocenters. The Labute approximate surface area is 160 Å². The van der Waals surface area contributed by atoms with Gasteiger partial charge >= 0.3 is 16.4 Å². The summed E-state index contributed by atoms with van der Waals surface area (Å²) < 4.78 is 38.5. The molecule has 6 nitrogen and oxygen atoms in total. The highest BCUT2D eigenvalue weighted by Crippen LogP contribution is 2.13. The van der Waals surface area contributed by atoms with Crippen LogP contribution in [0.15, 0.2) is 0 Å². The highest BCUT2D eigenvalue weighted by atomic mass is 32.3. The molecule has 0 spiro atoms. The zero-order valence-electron chi connectivity index (χ0n) is 16.6. The summed E-state index contributed by atoms with van der Waals surface area (Å²) in [6.45, 7) is 3.39. The molecule has 0 aromatic heterocycles. The average molecular weight is 395 g/mol. The number of rotatable bonds is 18. The van der Waals surface area contributed by atoms with Gasteiger partial charge in [-0.1, -0.05) is 84.0 Å². The van der Waals surface area contributed by atoms with Gasteiger partial charge in [0.2, 0.25) is 0 Å². The minimum atomic E-state index is -4.49. The first-order valence-electron chi connectivity index (χ1n) is 10.2. The molecule has 0 radical (unpaired) electrons. The van der Waals surface area contributed by atoms with Gasteiger partial charge < -0.3 is 4.74 Å². The first kappa shape index (κ1) is 25.3. The standard InChI is InChI=1S/C19H38O6S/c1-3-4-5-6-7-8-9-10-11-12-13-14-15-16-19(20)25-18(2)17-24-26(21,22)23/h18H,3-17H2,1-2H3,(H,21,22,23). The smallest absolute Gasteiger partial charge is 0.397 e. The molecule has 0 aliphatic heterocycles. The fourth-order valence-electron chi connectivity index (χ4n) is 2.79. The topological polar surface area (TPSA) is 89.9 Å². The van der Waals surface area contributed by atoms with Gasteiger partial charge in [0.25, 0.3) is 0 Å². The number of carbonyl (C=O) groups is 1. The minimum absolute atomic E-state index is 0.327. The van der Waals surface area contributed by atoms with E-state index >= 15 is 0 Å². The quantitative estimate of drug-likeness (QED) is 0.195. The van der Waals surface area contributed by atoms with Crippen LogP contribution in [0.1, 0.15) is 104 Å². The monoisotopic (exact) mass is 394 g/mol. The van der Waals surface area contributed by atoms with Crippen molar-refractivity contribution in [1.82, 2.24) is 0 Å². The fourth-order valence-corrected chi connectivity index (χ4v) is 3.15. The first-order valence-corrected chi connectivity index (χ1v) is 11.5. The summed E-state index contributed by atoms with van der Waals surface area (Å²) in [7, 11) is -4.49. The third-order valence-corrected chi connectivity index (χ3v) is 4.70. The Morgan fingerprint density at radius 1 is 0.846 bits per heavy atom. The van der Waals surface area contributed by atoms with Crippen LogP contribution < -0.4 is 0 Å². The van der Waals surface area contributed by atoms with Gasteiger partial charge in [-0.05, 0) is 13.3 Å². The summed E-state index contributed by atoms with van der Waals surface area (Å²) in [5.74, 6) is -0.362. The third-order valence-electron chi connectivity index (χ3n) is 4.27. The molecule has 7 heteroatoms. The Bertz CT molecular complexity index is 435. The predicted octanol–water partition coefficient (Wildman–Crippen LogP) is 5.22. The molecule has 0 amide bonds. The fraction of sp³-hybridized carbons (Fsp3) is 0.947. The lowest BCUT2D eigenvalue weighted by molar-refractivity contribution is -0.149. The van der Waals surface area contributed by atoms with Crippen LogP contribution in [0.3, 0.4) is 0 Å². The number of hydrogen-bond acceptors (Lipinski definition) is 5. The number of esters is 1. The van der Waals surface area contributed by atoms with Gasteiger partial charge in [0.1, 0.15) is 12.7 Å². The molecule has 156 valence electrons. The lowest BCUT2D eigenvalue weighted by Crippen LogP contribution is -2.22. The maximum atomic E-state index is 11.6. The molecule has 0 fully saturated rings. The van der Waals surface area contributed by atoms with Gasteiger partial charge in [-0.15, -0.1) is 0 Å². The summed E-state index contributed by atoms with van der Waals surface area (Å²) in [6.07, 6.45) is 15.8. The van der Waals surface area contributed by atoms with Crippen molar-refractivity contribution in [2.24, 2.45) is 0 Å². The van der Waals surface area contributed by atoms with Crippen LogP contribution >= 0.6 is 0 Å². The normalized spacial score (nSPS) is 12.9. The molecule has 0 aliphatic rings. The van der Waals surface area contributed by atoms with Crippen molar-refractivity contribution < 1.29 is 26.7 Å². The Balaban J connectivity index is 3.35. The molecule has 0 aromatic rings. The van der Waals surface area contributed by atoms with E-state index in [2.05, 4.69) is 11.1 Å². The van der Waals surface area contributed by atoms with Crippen molar-refractivity contribution in [2.75, 3.05) is 6.61 Å². The predicted molar refractivity (Wildman–Crippen MR) is 103 cm³/mol. The van der Waals surface area contributed by atoms with Crippen molar-refractivity contribution in [3.05, 3.63) is 0 Å². The maximum absolute atomic E-state index is 11.6. The molecule has 1 atom stereocenters. The van der Waals surface area contributed by atoms with E-state index in [1.807, 2.05) is 0 Å². The van der Waals surface area contributed by atoms with Crippen molar-refractivity contribution in [1.29, 1.82) is 0 Å². The van der Waals surface area contributed by atoms with Gasteiger partial charge in [-0.3, -0.25) is 9.35 Å². The van der Waals surface area contributed by atoms with Crippen molar-refractivity contribution in [3.63, 3.8) is 0 Å². The lowest BCUT2D eigenvalue weighted by atomic mass is 10.0. The molecule has 0 rings (SSSR count). The van der Waals surface area contributed by atoms with E-state index in [1.165, 1.54) is 71.1 Å². The van der Waals surface area contributed by atoms with Crippen LogP contribution in [0, 0.1) is 0 Å². The maximum Gasteiger partial charge on any atom is 0.397 e. The molecular formula is C19H38O6S. The zero-order chi connectivity index (χ0) is 19.7. The lowest BCUT2D eigenvalue weighted by Gasteiger charge is -2.12. The van der Waals surface area contributed by atoms with Crippen LogP contribution in [0.5, 0.6) is 0 Å². The van der Waals surface area contributed by atoms with E-state index < -0.39 is 16.5 Å². The third kappa shape index (κ3) is 19.7. The second-order valence-electron chi connectivity index (χ2n) is 7.01. The van der Waals surface area contributed by atoms with Crippen molar-refractivity contribution >= 4 is 16.4 Å². The Kier molecular flexibility index (Phi) is 16.1. The highest BCUT2D eigenvalue weighted by Gasteiger charge is 2.13. The molecule has 26 heavy (non-hydrogen) atoms. The highest BCUT2D eigenvalue weighted by molar-refractivity contribution is 7.80. The summed E-state index contributed by atoms with van der Waals surface area (Å²) in [5, 5.41) is 0. The van der Waals surface area contributed by atoms with E-state index in [4.69, 9.17) is 9.29 Å². The molecule has 0 bridgehead atoms. The number of ether oxygens (including phenoxy) is 1. The second kappa shape index (κ2) is 16.5. The van der Waals surface area contributed by atoms with Gasteiger partial charge in [0, 0.05) is 6.42 Å². The number of carbonyl (C=O) groups excluding carboxylic acids is 1. The Hall–Kier alpha value is -0.660. The molecule has 0 saturated carbocycles. The zero-order valence-corrected chi connectivity index (χ0v) is 17.4. The largest absolute Gasteiger partial charge is 0.460 e. The van der Waals surface area contributed by atoms with Crippen LogP contribution in [-0.4, -0.2) is 31.7 Å². The van der Waals surface area contributed by atoms with Crippen LogP contribution in [-0.2, 0) is 24.1 Å². The minimum Gasteiger partial charge on any atom is -0.460 e. The van der Waals surface area contributed by atoms with E-state index in [-0.39, 0.29) is 12.6 Å². The van der Waals surface area contributed by atoms with E-state index in [0.717, 1.165) is 19.3 Å². The van der Waals surface area contributed by atoms with Gasteiger partial charge in [0.15, 0.2) is 0 Å². The summed E-state index contributed by atoms with van der Waals surface area (Å²) in [5.41, 5.74) is 0. The molecule has 0 saturated heterocycles. The molecule has 0 aliphatic carbocycles. The summed E-state index contributed by atoms with van der Waals surface area (Å²) in [6, 6.07) is 0. The molecule has 0 heterocycles. The van der Waals surface area contributed by atoms with Crippen LogP contribution in [0.2, 0.25) is 0 Å². The van der Waals surface area contributed by atoms with Crippen molar-refractivity contribution in [2.45, 2.75) is 110 Å². The van der Waals surface area contributed by atoms with E-state index in [1.54, 1.807) is 0 Å². The number of hydrogen-bond donors (Lipinski definition) is 1. The first-order chi connectivity index (χ1) is 12.3. The summed E-state index contributed by atoms with van der Waals surface area (Å²) in [4.78, 5) is 11.6. The Morgan fingerprint density at radius 2 is 1.27 bits per heavy atom. The second-order valence-corrected chi connectivity index (χ2v) is 8.10. The SMILES string of the molecule is CCCCCCCCCCCCCCCC(=O)OC(C)COS(=O)(=O)O. The van der Waals surface area contributed by atoms with Gasteiger partial charge in [0.05, 0.1) is 0 Å². The number of unbranched alkanes of at least 4 members (excludes halogenated alkanes) is 12. The molecular weight excluding hydrogens is 356 g/mol. The van der Waals surface area contributed by atoms with E-state index in [9.17, 15) is 13.2 Å². The van der Waals surface area contributed by atoms with E-state index in [0.29, 0.717) is 6.42 Å². The summed E-state index contributed by atoms with van der Waals surface area (Å²) >= 11 is 0. The van der Waals surface area contributed by atoms with Gasteiger partial charge in [-0.25, -0.2) is 4.18 Å². The molecule has 1 N–H and O–H groups in total. The van der Waals surface area contributed by atoms with Gasteiger partial charge in [-0.2, -0.15) is 8.42 Å². The molecule has 0 aromatic carbocycles. The average Bonchev–Trinajstić information content (AvgIpc) is 2.56.